The third-order valence-corrected chi connectivity index (χ3v) is 6.11. The Morgan fingerprint density at radius 3 is 2.31 bits per heavy atom. The fourth-order valence-corrected chi connectivity index (χ4v) is 4.40. The van der Waals surface area contributed by atoms with E-state index in [1.54, 1.807) is 18.2 Å². The Morgan fingerprint density at radius 2 is 1.61 bits per heavy atom. The first-order valence-corrected chi connectivity index (χ1v) is 10.7. The lowest BCUT2D eigenvalue weighted by Gasteiger charge is -2.26. The lowest BCUT2D eigenvalue weighted by Crippen LogP contribution is -2.22. The predicted octanol–water partition coefficient (Wildman–Crippen LogP) is 3.74. The molecule has 0 spiro atoms. The lowest BCUT2D eigenvalue weighted by molar-refractivity contribution is -0.135. The third-order valence-electron chi connectivity index (χ3n) is 6.11. The monoisotopic (exact) mass is 492 g/mol. The molecule has 4 N–H and O–H groups in total. The summed E-state index contributed by atoms with van der Waals surface area (Å²) in [6.07, 6.45) is -0.109. The summed E-state index contributed by atoms with van der Waals surface area (Å²) in [7, 11) is 2.96. The largest absolute Gasteiger partial charge is 0.507 e. The molecule has 0 radical (unpaired) electrons. The molecule has 10 heteroatoms. The van der Waals surface area contributed by atoms with E-state index in [-0.39, 0.29) is 34.5 Å². The molecule has 0 saturated heterocycles. The van der Waals surface area contributed by atoms with E-state index >= 15 is 0 Å². The average molecular weight is 492 g/mol. The second-order valence-corrected chi connectivity index (χ2v) is 8.17. The van der Waals surface area contributed by atoms with Crippen molar-refractivity contribution in [3.05, 3.63) is 63.8 Å². The maximum Gasteiger partial charge on any atom is 0.312 e. The van der Waals surface area contributed by atoms with Gasteiger partial charge in [0.25, 0.3) is 0 Å². The summed E-state index contributed by atoms with van der Waals surface area (Å²) in [6.45, 7) is 0. The molecule has 2 heterocycles. The maximum atomic E-state index is 13.1. The molecule has 4 aromatic rings. The van der Waals surface area contributed by atoms with Gasteiger partial charge in [-0.2, -0.15) is 0 Å². The number of fused-ring (bicyclic) bond motifs is 3. The minimum Gasteiger partial charge on any atom is -0.507 e. The van der Waals surface area contributed by atoms with Crippen molar-refractivity contribution in [1.82, 2.24) is 0 Å². The Morgan fingerprint density at radius 1 is 0.861 bits per heavy atom. The van der Waals surface area contributed by atoms with Crippen molar-refractivity contribution in [3.63, 3.8) is 0 Å². The van der Waals surface area contributed by atoms with Gasteiger partial charge < -0.3 is 39.1 Å². The number of hydrogen-bond acceptors (Lipinski definition) is 10. The number of phenolic OH excluding ortho intramolecular Hbond substituents is 3. The van der Waals surface area contributed by atoms with Crippen LogP contribution in [0.25, 0.3) is 22.3 Å². The van der Waals surface area contributed by atoms with Crippen LogP contribution >= 0.6 is 0 Å². The topological polar surface area (TPSA) is 156 Å². The van der Waals surface area contributed by atoms with E-state index in [1.165, 1.54) is 26.4 Å². The number of ether oxygens (including phenoxy) is 3. The average Bonchev–Trinajstić information content (AvgIpc) is 2.86. The minimum absolute atomic E-state index is 0.00984. The van der Waals surface area contributed by atoms with Crippen LogP contribution in [-0.2, 0) is 4.79 Å². The normalized spacial score (nSPS) is 14.8. The predicted molar refractivity (Wildman–Crippen MR) is 126 cm³/mol. The van der Waals surface area contributed by atoms with Crippen molar-refractivity contribution in [2.24, 2.45) is 0 Å². The first kappa shape index (κ1) is 22.9. The molecule has 0 saturated carbocycles. The van der Waals surface area contributed by atoms with Crippen molar-refractivity contribution in [3.8, 4) is 51.6 Å². The molecule has 0 fully saturated rings. The summed E-state index contributed by atoms with van der Waals surface area (Å²) >= 11 is 0. The zero-order valence-electron chi connectivity index (χ0n) is 19.1. The van der Waals surface area contributed by atoms with Crippen LogP contribution in [0.2, 0.25) is 0 Å². The summed E-state index contributed by atoms with van der Waals surface area (Å²) in [5.74, 6) is -2.92. The molecular weight excluding hydrogens is 472 g/mol. The molecule has 10 nitrogen and oxygen atoms in total. The van der Waals surface area contributed by atoms with E-state index in [1.807, 2.05) is 0 Å². The highest BCUT2D eigenvalue weighted by Crippen LogP contribution is 2.48. The van der Waals surface area contributed by atoms with Gasteiger partial charge in [-0.25, -0.2) is 0 Å². The molecule has 1 aromatic heterocycles. The number of phenols is 3. The van der Waals surface area contributed by atoms with E-state index in [4.69, 9.17) is 18.6 Å². The lowest BCUT2D eigenvalue weighted by atomic mass is 9.85. The van der Waals surface area contributed by atoms with Gasteiger partial charge in [0.15, 0.2) is 28.8 Å². The highest BCUT2D eigenvalue weighted by molar-refractivity contribution is 5.94. The van der Waals surface area contributed by atoms with Gasteiger partial charge in [-0.3, -0.25) is 9.59 Å². The maximum absolute atomic E-state index is 13.1. The molecular formula is C26H20O10. The molecule has 36 heavy (non-hydrogen) atoms. The zero-order chi connectivity index (χ0) is 25.7. The van der Waals surface area contributed by atoms with E-state index in [9.17, 15) is 30.0 Å². The molecule has 184 valence electrons. The Balaban J connectivity index is 1.83. The second kappa shape index (κ2) is 8.42. The fourth-order valence-electron chi connectivity index (χ4n) is 4.40. The number of hydrogen-bond donors (Lipinski definition) is 4. The summed E-state index contributed by atoms with van der Waals surface area (Å²) in [5, 5.41) is 40.5. The van der Waals surface area contributed by atoms with Crippen LogP contribution < -0.4 is 19.6 Å². The first-order valence-electron chi connectivity index (χ1n) is 10.7. The van der Waals surface area contributed by atoms with Crippen LogP contribution in [0.1, 0.15) is 23.5 Å². The number of benzene rings is 3. The van der Waals surface area contributed by atoms with Gasteiger partial charge in [-0.15, -0.1) is 0 Å². The van der Waals surface area contributed by atoms with Crippen molar-refractivity contribution >= 4 is 16.9 Å². The number of esters is 1. The summed E-state index contributed by atoms with van der Waals surface area (Å²) < 4.78 is 22.0. The fraction of sp³-hybridized carbons (Fsp3) is 0.154. The van der Waals surface area contributed by atoms with Crippen LogP contribution in [0.5, 0.6) is 40.2 Å². The van der Waals surface area contributed by atoms with Crippen LogP contribution in [0.4, 0.5) is 0 Å². The second-order valence-electron chi connectivity index (χ2n) is 8.17. The minimum atomic E-state index is -0.929. The van der Waals surface area contributed by atoms with Gasteiger partial charge in [0.05, 0.1) is 20.6 Å². The number of rotatable bonds is 4. The van der Waals surface area contributed by atoms with Gasteiger partial charge in [0, 0.05) is 23.1 Å². The Kier molecular flexibility index (Phi) is 5.36. The molecule has 0 unspecified atom stereocenters. The van der Waals surface area contributed by atoms with Crippen LogP contribution in [0, 0.1) is 0 Å². The SMILES string of the molecule is COc1ccc([C@H]2CC(=O)Oc3cc(O)c4c(=O)c(O)c(-c5ccc(O)c(O)c5)oc4c32)cc1OC. The van der Waals surface area contributed by atoms with Crippen molar-refractivity contribution < 1.29 is 43.8 Å². The molecule has 1 atom stereocenters. The van der Waals surface area contributed by atoms with Crippen LogP contribution in [-0.4, -0.2) is 40.6 Å². The van der Waals surface area contributed by atoms with Gasteiger partial charge in [0.2, 0.25) is 11.2 Å². The molecule has 5 rings (SSSR count). The smallest absolute Gasteiger partial charge is 0.312 e. The molecule has 0 amide bonds. The molecule has 3 aromatic carbocycles. The van der Waals surface area contributed by atoms with Crippen molar-refractivity contribution in [2.75, 3.05) is 14.2 Å². The summed E-state index contributed by atoms with van der Waals surface area (Å²) in [4.78, 5) is 25.6. The van der Waals surface area contributed by atoms with Gasteiger partial charge in [-0.05, 0) is 35.9 Å². The molecule has 1 aliphatic heterocycles. The van der Waals surface area contributed by atoms with Crippen molar-refractivity contribution in [1.29, 1.82) is 0 Å². The zero-order valence-corrected chi connectivity index (χ0v) is 19.1. The number of carbonyl (C=O) groups excluding carboxylic acids is 1. The molecule has 0 aliphatic carbocycles. The Hall–Kier alpha value is -4.86. The first-order chi connectivity index (χ1) is 17.2. The molecule has 0 bridgehead atoms. The van der Waals surface area contributed by atoms with Gasteiger partial charge in [0.1, 0.15) is 22.5 Å². The molecule has 1 aliphatic rings. The van der Waals surface area contributed by atoms with E-state index in [0.717, 1.165) is 12.1 Å². The summed E-state index contributed by atoms with van der Waals surface area (Å²) in [5.41, 5.74) is -0.0212. The van der Waals surface area contributed by atoms with E-state index < -0.39 is 40.3 Å². The van der Waals surface area contributed by atoms with Gasteiger partial charge in [-0.1, -0.05) is 6.07 Å². The van der Waals surface area contributed by atoms with Crippen molar-refractivity contribution in [2.45, 2.75) is 12.3 Å². The standard InChI is InChI=1S/C26H20O10/c1-33-17-6-4-11(8-18(17)34-2)13-9-20(30)35-19-10-16(29)22-23(31)24(32)25(36-26(22)21(13)19)12-3-5-14(27)15(28)7-12/h3-8,10,13,27-29,32H,9H2,1-2H3/t13-/m1/s1. The third kappa shape index (κ3) is 3.50. The number of aromatic hydroxyl groups is 4. The Bertz CT molecular complexity index is 1600. The highest BCUT2D eigenvalue weighted by atomic mass is 16.5. The number of carbonyl (C=O) groups is 1. The van der Waals surface area contributed by atoms with Gasteiger partial charge >= 0.3 is 5.97 Å². The van der Waals surface area contributed by atoms with E-state index in [0.29, 0.717) is 22.6 Å². The van der Waals surface area contributed by atoms with Crippen LogP contribution in [0.15, 0.2) is 51.7 Å². The van der Waals surface area contributed by atoms with Crippen LogP contribution in [0.3, 0.4) is 0 Å². The van der Waals surface area contributed by atoms with E-state index in [2.05, 4.69) is 0 Å². The number of methoxy groups -OCH3 is 2. The quantitative estimate of drug-likeness (QED) is 0.188. The Labute approximate surface area is 203 Å². The highest BCUT2D eigenvalue weighted by Gasteiger charge is 2.35. The summed E-state index contributed by atoms with van der Waals surface area (Å²) in [6, 6.07) is 9.82.